The SMILES string of the molecule is CC(C)NCc1ccc(C(=O)N(C)CCOC(=O)N(c2ccccc2-c2ccccc2)N2CCCCC2)cc1. The lowest BCUT2D eigenvalue weighted by Gasteiger charge is -2.37. The molecule has 2 amide bonds. The molecule has 0 atom stereocenters. The minimum Gasteiger partial charge on any atom is -0.446 e. The number of nitrogens with zero attached hydrogens (tertiary/aromatic N) is 3. The van der Waals surface area contributed by atoms with Gasteiger partial charge in [-0.2, -0.15) is 0 Å². The second-order valence-electron chi connectivity index (χ2n) is 10.3. The predicted molar refractivity (Wildman–Crippen MR) is 157 cm³/mol. The molecule has 0 unspecified atom stereocenters. The number of rotatable bonds is 10. The summed E-state index contributed by atoms with van der Waals surface area (Å²) in [6, 6.07) is 26.0. The highest BCUT2D eigenvalue weighted by molar-refractivity contribution is 5.94. The van der Waals surface area contributed by atoms with E-state index in [1.54, 1.807) is 17.0 Å². The van der Waals surface area contributed by atoms with Gasteiger partial charge in [-0.15, -0.1) is 0 Å². The molecular weight excluding hydrogens is 488 g/mol. The average molecular weight is 529 g/mol. The zero-order chi connectivity index (χ0) is 27.6. The summed E-state index contributed by atoms with van der Waals surface area (Å²) in [6.45, 7) is 6.96. The number of hydrogen-bond acceptors (Lipinski definition) is 5. The fourth-order valence-corrected chi connectivity index (χ4v) is 4.70. The van der Waals surface area contributed by atoms with E-state index in [4.69, 9.17) is 4.74 Å². The molecule has 1 aliphatic rings. The molecule has 3 aromatic rings. The lowest BCUT2D eigenvalue weighted by molar-refractivity contribution is 0.0733. The summed E-state index contributed by atoms with van der Waals surface area (Å²) in [5, 5.41) is 7.15. The van der Waals surface area contributed by atoms with Crippen LogP contribution in [-0.4, -0.2) is 61.2 Å². The van der Waals surface area contributed by atoms with Crippen LogP contribution in [0.25, 0.3) is 11.1 Å². The van der Waals surface area contributed by atoms with E-state index < -0.39 is 6.09 Å². The van der Waals surface area contributed by atoms with Crippen molar-refractivity contribution in [2.75, 3.05) is 38.3 Å². The van der Waals surface area contributed by atoms with Crippen LogP contribution in [-0.2, 0) is 11.3 Å². The van der Waals surface area contributed by atoms with Gasteiger partial charge in [-0.1, -0.05) is 80.9 Å². The number of amides is 2. The molecule has 3 aromatic carbocycles. The van der Waals surface area contributed by atoms with E-state index in [-0.39, 0.29) is 12.5 Å². The Balaban J connectivity index is 1.41. The predicted octanol–water partition coefficient (Wildman–Crippen LogP) is 5.97. The monoisotopic (exact) mass is 528 g/mol. The van der Waals surface area contributed by atoms with Crippen LogP contribution < -0.4 is 10.3 Å². The van der Waals surface area contributed by atoms with Gasteiger partial charge in [0.25, 0.3) is 5.91 Å². The molecule has 4 rings (SSSR count). The molecule has 7 heteroatoms. The average Bonchev–Trinajstić information content (AvgIpc) is 2.97. The van der Waals surface area contributed by atoms with Gasteiger partial charge in [0.15, 0.2) is 0 Å². The Morgan fingerprint density at radius 1 is 0.897 bits per heavy atom. The van der Waals surface area contributed by atoms with Gasteiger partial charge in [0, 0.05) is 43.9 Å². The fourth-order valence-electron chi connectivity index (χ4n) is 4.70. The van der Waals surface area contributed by atoms with Crippen molar-refractivity contribution in [3.8, 4) is 11.1 Å². The van der Waals surface area contributed by atoms with Crippen molar-refractivity contribution in [3.05, 3.63) is 90.0 Å². The molecule has 0 spiro atoms. The summed E-state index contributed by atoms with van der Waals surface area (Å²) in [4.78, 5) is 28.1. The lowest BCUT2D eigenvalue weighted by atomic mass is 10.0. The van der Waals surface area contributed by atoms with Crippen LogP contribution in [0.15, 0.2) is 78.9 Å². The Kier molecular flexibility index (Phi) is 10.1. The maximum Gasteiger partial charge on any atom is 0.429 e. The molecule has 1 heterocycles. The largest absolute Gasteiger partial charge is 0.446 e. The van der Waals surface area contributed by atoms with E-state index in [9.17, 15) is 9.59 Å². The standard InChI is InChI=1S/C32H40N4O3/c1-25(2)33-24-26-16-18-28(19-17-26)31(37)34(3)22-23-39-32(38)36(35-20-10-5-11-21-35)30-15-9-8-14-29(30)27-12-6-4-7-13-27/h4,6-9,12-19,25,33H,5,10-11,20-24H2,1-3H3. The number of nitrogens with one attached hydrogen (secondary N) is 1. The van der Waals surface area contributed by atoms with Crippen molar-refractivity contribution in [2.45, 2.75) is 45.7 Å². The number of anilines is 1. The van der Waals surface area contributed by atoms with Crippen molar-refractivity contribution in [3.63, 3.8) is 0 Å². The van der Waals surface area contributed by atoms with Gasteiger partial charge in [0.2, 0.25) is 0 Å². The van der Waals surface area contributed by atoms with Crippen LogP contribution in [0.3, 0.4) is 0 Å². The number of hydrazine groups is 1. The van der Waals surface area contributed by atoms with E-state index in [0.29, 0.717) is 18.2 Å². The third kappa shape index (κ3) is 7.68. The summed E-state index contributed by atoms with van der Waals surface area (Å²) < 4.78 is 5.78. The molecule has 0 saturated carbocycles. The molecule has 0 aliphatic carbocycles. The number of para-hydroxylation sites is 1. The molecular formula is C32H40N4O3. The third-order valence-electron chi connectivity index (χ3n) is 6.92. The summed E-state index contributed by atoms with van der Waals surface area (Å²) >= 11 is 0. The zero-order valence-corrected chi connectivity index (χ0v) is 23.3. The Morgan fingerprint density at radius 3 is 2.26 bits per heavy atom. The molecule has 1 fully saturated rings. The first-order chi connectivity index (χ1) is 18.9. The minimum absolute atomic E-state index is 0.100. The first-order valence-electron chi connectivity index (χ1n) is 13.9. The van der Waals surface area contributed by atoms with Gasteiger partial charge in [-0.3, -0.25) is 4.79 Å². The van der Waals surface area contributed by atoms with E-state index >= 15 is 0 Å². The Hall–Kier alpha value is -3.68. The molecule has 0 aromatic heterocycles. The summed E-state index contributed by atoms with van der Waals surface area (Å²) in [7, 11) is 1.73. The Labute approximate surface area is 232 Å². The number of carbonyl (C=O) groups is 2. The normalized spacial score (nSPS) is 13.7. The van der Waals surface area contributed by atoms with Crippen LogP contribution in [0.4, 0.5) is 10.5 Å². The summed E-state index contributed by atoms with van der Waals surface area (Å²) in [5.41, 5.74) is 4.56. The topological polar surface area (TPSA) is 65.1 Å². The van der Waals surface area contributed by atoms with Crippen molar-refractivity contribution in [1.82, 2.24) is 15.2 Å². The highest BCUT2D eigenvalue weighted by atomic mass is 16.6. The summed E-state index contributed by atoms with van der Waals surface area (Å²) in [5.74, 6) is -0.100. The smallest absolute Gasteiger partial charge is 0.429 e. The van der Waals surface area contributed by atoms with Crippen molar-refractivity contribution in [1.29, 1.82) is 0 Å². The van der Waals surface area contributed by atoms with Gasteiger partial charge >= 0.3 is 6.09 Å². The maximum absolute atomic E-state index is 13.5. The summed E-state index contributed by atoms with van der Waals surface area (Å²) in [6.07, 6.45) is 2.78. The van der Waals surface area contributed by atoms with Gasteiger partial charge in [0.1, 0.15) is 6.61 Å². The van der Waals surface area contributed by atoms with Gasteiger partial charge in [0.05, 0.1) is 12.2 Å². The van der Waals surface area contributed by atoms with Gasteiger partial charge in [-0.25, -0.2) is 14.8 Å². The van der Waals surface area contributed by atoms with E-state index in [1.807, 2.05) is 78.9 Å². The number of likely N-dealkylation sites (N-methyl/N-ethyl adjacent to an activating group) is 1. The van der Waals surface area contributed by atoms with Crippen molar-refractivity contribution in [2.24, 2.45) is 0 Å². The molecule has 0 radical (unpaired) electrons. The molecule has 39 heavy (non-hydrogen) atoms. The Morgan fingerprint density at radius 2 is 1.56 bits per heavy atom. The quantitative estimate of drug-likeness (QED) is 0.351. The molecule has 206 valence electrons. The van der Waals surface area contributed by atoms with E-state index in [0.717, 1.165) is 61.3 Å². The van der Waals surface area contributed by atoms with Gasteiger partial charge < -0.3 is 15.0 Å². The minimum atomic E-state index is -0.428. The van der Waals surface area contributed by atoms with Crippen LogP contribution in [0, 0.1) is 0 Å². The molecule has 1 N–H and O–H groups in total. The van der Waals surface area contributed by atoms with Crippen LogP contribution in [0.2, 0.25) is 0 Å². The van der Waals surface area contributed by atoms with E-state index in [1.165, 1.54) is 0 Å². The number of ether oxygens (including phenoxy) is 1. The van der Waals surface area contributed by atoms with Crippen molar-refractivity contribution < 1.29 is 14.3 Å². The highest BCUT2D eigenvalue weighted by Gasteiger charge is 2.28. The number of piperidine rings is 1. The number of hydrogen-bond donors (Lipinski definition) is 1. The number of benzene rings is 3. The molecule has 1 saturated heterocycles. The van der Waals surface area contributed by atoms with Crippen LogP contribution >= 0.6 is 0 Å². The maximum atomic E-state index is 13.5. The second-order valence-corrected chi connectivity index (χ2v) is 10.3. The molecule has 7 nitrogen and oxygen atoms in total. The van der Waals surface area contributed by atoms with Crippen molar-refractivity contribution >= 4 is 17.7 Å². The lowest BCUT2D eigenvalue weighted by Crippen LogP contribution is -2.50. The molecule has 1 aliphatic heterocycles. The zero-order valence-electron chi connectivity index (χ0n) is 23.3. The first-order valence-corrected chi connectivity index (χ1v) is 13.9. The fraction of sp³-hybridized carbons (Fsp3) is 0.375. The number of carbonyl (C=O) groups excluding carboxylic acids is 2. The van der Waals surface area contributed by atoms with E-state index in [2.05, 4.69) is 24.2 Å². The third-order valence-corrected chi connectivity index (χ3v) is 6.92. The van der Waals surface area contributed by atoms with Gasteiger partial charge in [-0.05, 0) is 42.2 Å². The first kappa shape index (κ1) is 28.3. The van der Waals surface area contributed by atoms with Crippen LogP contribution in [0.1, 0.15) is 49.0 Å². The Bertz CT molecular complexity index is 1210. The molecule has 0 bridgehead atoms. The second kappa shape index (κ2) is 13.9. The highest BCUT2D eigenvalue weighted by Crippen LogP contribution is 2.33. The van der Waals surface area contributed by atoms with Crippen LogP contribution in [0.5, 0.6) is 0 Å².